The summed E-state index contributed by atoms with van der Waals surface area (Å²) >= 11 is 0. The van der Waals surface area contributed by atoms with Crippen molar-refractivity contribution in [2.45, 2.75) is 63.6 Å². The summed E-state index contributed by atoms with van der Waals surface area (Å²) in [7, 11) is 2.11. The number of carbonyl (C=O) groups excluding carboxylic acids is 1. The molecule has 6 heteroatoms. The van der Waals surface area contributed by atoms with Crippen LogP contribution >= 0.6 is 0 Å². The highest BCUT2D eigenvalue weighted by Gasteiger charge is 2.29. The van der Waals surface area contributed by atoms with Crippen LogP contribution in [0.4, 0.5) is 4.79 Å². The van der Waals surface area contributed by atoms with Crippen LogP contribution in [0.3, 0.4) is 0 Å². The molecular formula is C15H27N3O3. The molecule has 0 aromatic carbocycles. The Balaban J connectivity index is 1.62. The molecule has 21 heavy (non-hydrogen) atoms. The van der Waals surface area contributed by atoms with E-state index in [0.717, 1.165) is 12.8 Å². The first-order chi connectivity index (χ1) is 9.97. The van der Waals surface area contributed by atoms with Gasteiger partial charge in [0.25, 0.3) is 0 Å². The fraction of sp³-hybridized carbons (Fsp3) is 0.867. The average molecular weight is 297 g/mol. The number of aliphatic carboxylic acids is 1. The van der Waals surface area contributed by atoms with E-state index in [0.29, 0.717) is 31.5 Å². The lowest BCUT2D eigenvalue weighted by atomic mass is 9.86. The molecule has 1 atom stereocenters. The summed E-state index contributed by atoms with van der Waals surface area (Å²) in [4.78, 5) is 25.1. The molecule has 3 N–H and O–H groups in total. The van der Waals surface area contributed by atoms with Gasteiger partial charge in [0.1, 0.15) is 0 Å². The van der Waals surface area contributed by atoms with Gasteiger partial charge in [-0.1, -0.05) is 0 Å². The van der Waals surface area contributed by atoms with E-state index >= 15 is 0 Å². The van der Waals surface area contributed by atoms with E-state index < -0.39 is 5.97 Å². The van der Waals surface area contributed by atoms with Crippen LogP contribution < -0.4 is 10.6 Å². The van der Waals surface area contributed by atoms with Crippen LogP contribution in [0.15, 0.2) is 0 Å². The van der Waals surface area contributed by atoms with Gasteiger partial charge >= 0.3 is 12.0 Å². The summed E-state index contributed by atoms with van der Waals surface area (Å²) in [5, 5.41) is 14.8. The van der Waals surface area contributed by atoms with Gasteiger partial charge in [-0.25, -0.2) is 4.79 Å². The van der Waals surface area contributed by atoms with E-state index in [2.05, 4.69) is 29.5 Å². The van der Waals surface area contributed by atoms with Crippen molar-refractivity contribution in [1.29, 1.82) is 0 Å². The van der Waals surface area contributed by atoms with Crippen molar-refractivity contribution in [1.82, 2.24) is 15.5 Å². The number of rotatable bonds is 6. The number of carboxylic acid groups (broad SMARTS) is 1. The molecule has 2 aliphatic rings. The van der Waals surface area contributed by atoms with Crippen LogP contribution in [0.2, 0.25) is 0 Å². The van der Waals surface area contributed by atoms with E-state index in [1.807, 2.05) is 0 Å². The molecule has 0 radical (unpaired) electrons. The van der Waals surface area contributed by atoms with Crippen molar-refractivity contribution in [3.63, 3.8) is 0 Å². The zero-order valence-electron chi connectivity index (χ0n) is 13.0. The quantitative estimate of drug-likeness (QED) is 0.692. The number of carbonyl (C=O) groups is 2. The van der Waals surface area contributed by atoms with E-state index in [4.69, 9.17) is 5.11 Å². The van der Waals surface area contributed by atoms with E-state index in [-0.39, 0.29) is 18.0 Å². The molecule has 2 saturated carbocycles. The van der Waals surface area contributed by atoms with Crippen LogP contribution in [0.5, 0.6) is 0 Å². The average Bonchev–Trinajstić information content (AvgIpc) is 3.29. The van der Waals surface area contributed by atoms with Gasteiger partial charge < -0.3 is 15.7 Å². The Hall–Kier alpha value is -1.30. The minimum Gasteiger partial charge on any atom is -0.481 e. The van der Waals surface area contributed by atoms with E-state index in [9.17, 15) is 9.59 Å². The maximum absolute atomic E-state index is 11.9. The molecule has 0 bridgehead atoms. The van der Waals surface area contributed by atoms with Gasteiger partial charge in [0.2, 0.25) is 0 Å². The Morgan fingerprint density at radius 1 is 1.19 bits per heavy atom. The molecule has 0 aromatic heterocycles. The Labute approximate surface area is 126 Å². The molecule has 120 valence electrons. The fourth-order valence-electron chi connectivity index (χ4n) is 2.95. The second-order valence-corrected chi connectivity index (χ2v) is 6.49. The highest BCUT2D eigenvalue weighted by molar-refractivity contribution is 5.74. The predicted octanol–water partition coefficient (Wildman–Crippen LogP) is 1.41. The number of nitrogens with zero attached hydrogens (tertiary/aromatic N) is 1. The third-order valence-electron chi connectivity index (χ3n) is 4.79. The Kier molecular flexibility index (Phi) is 5.45. The topological polar surface area (TPSA) is 81.7 Å². The van der Waals surface area contributed by atoms with Gasteiger partial charge in [0, 0.05) is 24.7 Å². The lowest BCUT2D eigenvalue weighted by Crippen LogP contribution is -2.48. The Bertz CT molecular complexity index is 376. The molecule has 2 rings (SSSR count). The second kappa shape index (κ2) is 7.11. The number of amides is 2. The molecule has 1 unspecified atom stereocenters. The van der Waals surface area contributed by atoms with Crippen molar-refractivity contribution in [3.8, 4) is 0 Å². The Morgan fingerprint density at radius 3 is 2.33 bits per heavy atom. The summed E-state index contributed by atoms with van der Waals surface area (Å²) in [5.41, 5.74) is 0. The van der Waals surface area contributed by atoms with Crippen LogP contribution in [-0.2, 0) is 4.79 Å². The monoisotopic (exact) mass is 297 g/mol. The van der Waals surface area contributed by atoms with Crippen LogP contribution in [-0.4, -0.2) is 53.7 Å². The van der Waals surface area contributed by atoms with Gasteiger partial charge in [-0.15, -0.1) is 0 Å². The number of likely N-dealkylation sites (N-methyl/N-ethyl adjacent to an activating group) is 1. The van der Waals surface area contributed by atoms with Crippen molar-refractivity contribution in [3.05, 3.63) is 0 Å². The number of nitrogens with one attached hydrogen (secondary N) is 2. The highest BCUT2D eigenvalue weighted by Crippen LogP contribution is 2.26. The second-order valence-electron chi connectivity index (χ2n) is 6.49. The van der Waals surface area contributed by atoms with Crippen LogP contribution in [0, 0.1) is 5.92 Å². The third-order valence-corrected chi connectivity index (χ3v) is 4.79. The minimum absolute atomic E-state index is 0.108. The molecule has 0 heterocycles. The maximum atomic E-state index is 11.9. The summed E-state index contributed by atoms with van der Waals surface area (Å²) in [6.07, 6.45) is 5.34. The van der Waals surface area contributed by atoms with E-state index in [1.54, 1.807) is 0 Å². The number of hydrogen-bond donors (Lipinski definition) is 3. The smallest absolute Gasteiger partial charge is 0.315 e. The lowest BCUT2D eigenvalue weighted by molar-refractivity contribution is -0.142. The van der Waals surface area contributed by atoms with E-state index in [1.165, 1.54) is 12.8 Å². The molecule has 6 nitrogen and oxygen atoms in total. The molecule has 2 aliphatic carbocycles. The van der Waals surface area contributed by atoms with Crippen LogP contribution in [0.1, 0.15) is 45.4 Å². The SMILES string of the molecule is CC(CNC(=O)NC1CCC(C(=O)O)CC1)N(C)C1CC1. The van der Waals surface area contributed by atoms with Gasteiger partial charge in [0.15, 0.2) is 0 Å². The first kappa shape index (κ1) is 16.1. The molecule has 0 aromatic rings. The first-order valence-corrected chi connectivity index (χ1v) is 7.96. The third kappa shape index (κ3) is 4.88. The largest absolute Gasteiger partial charge is 0.481 e. The normalized spacial score (nSPS) is 27.2. The molecule has 0 aliphatic heterocycles. The molecular weight excluding hydrogens is 270 g/mol. The Morgan fingerprint density at radius 2 is 1.81 bits per heavy atom. The maximum Gasteiger partial charge on any atom is 0.315 e. The molecule has 2 fully saturated rings. The number of urea groups is 1. The number of hydrogen-bond acceptors (Lipinski definition) is 3. The van der Waals surface area contributed by atoms with Crippen molar-refractivity contribution in [2.24, 2.45) is 5.92 Å². The number of carboxylic acids is 1. The lowest BCUT2D eigenvalue weighted by Gasteiger charge is -2.28. The van der Waals surface area contributed by atoms with Crippen molar-refractivity contribution >= 4 is 12.0 Å². The molecule has 0 saturated heterocycles. The highest BCUT2D eigenvalue weighted by atomic mass is 16.4. The molecule has 0 spiro atoms. The first-order valence-electron chi connectivity index (χ1n) is 7.96. The summed E-state index contributed by atoms with van der Waals surface area (Å²) < 4.78 is 0. The van der Waals surface area contributed by atoms with Crippen molar-refractivity contribution in [2.75, 3.05) is 13.6 Å². The summed E-state index contributed by atoms with van der Waals surface area (Å²) in [5.74, 6) is -0.951. The summed E-state index contributed by atoms with van der Waals surface area (Å²) in [6.45, 7) is 2.76. The minimum atomic E-state index is -0.713. The van der Waals surface area contributed by atoms with Crippen LogP contribution in [0.25, 0.3) is 0 Å². The van der Waals surface area contributed by atoms with Gasteiger partial charge in [-0.2, -0.15) is 0 Å². The molecule has 2 amide bonds. The van der Waals surface area contributed by atoms with Crippen molar-refractivity contribution < 1.29 is 14.7 Å². The summed E-state index contributed by atoms with van der Waals surface area (Å²) in [6, 6.07) is 1.00. The zero-order valence-corrected chi connectivity index (χ0v) is 13.0. The van der Waals surface area contributed by atoms with Gasteiger partial charge in [0.05, 0.1) is 5.92 Å². The standard InChI is InChI=1S/C15H27N3O3/c1-10(18(2)13-7-8-13)9-16-15(21)17-12-5-3-11(4-6-12)14(19)20/h10-13H,3-9H2,1-2H3,(H,19,20)(H2,16,17,21). The fourth-order valence-corrected chi connectivity index (χ4v) is 2.95. The van der Waals surface area contributed by atoms with Gasteiger partial charge in [-0.3, -0.25) is 9.69 Å². The predicted molar refractivity (Wildman–Crippen MR) is 80.2 cm³/mol. The van der Waals surface area contributed by atoms with Gasteiger partial charge in [-0.05, 0) is 52.5 Å². The zero-order chi connectivity index (χ0) is 15.4.